The first kappa shape index (κ1) is 17.0. The lowest BCUT2D eigenvalue weighted by Crippen LogP contribution is -2.28. The molecule has 1 aliphatic heterocycles. The molecule has 2 amide bonds. The second-order valence-electron chi connectivity index (χ2n) is 6.45. The van der Waals surface area contributed by atoms with Crippen molar-refractivity contribution >= 4 is 23.3 Å². The van der Waals surface area contributed by atoms with Crippen molar-refractivity contribution in [2.75, 3.05) is 16.8 Å². The van der Waals surface area contributed by atoms with Gasteiger partial charge in [0.2, 0.25) is 11.8 Å². The summed E-state index contributed by atoms with van der Waals surface area (Å²) in [5.74, 6) is 0.295. The number of amides is 2. The normalized spacial score (nSPS) is 16.7. The fraction of sp³-hybridized carbons (Fsp3) is 0.278. The molecule has 3 aromatic heterocycles. The largest absolute Gasteiger partial charge is 0.444 e. The van der Waals surface area contributed by atoms with Crippen molar-refractivity contribution in [3.05, 3.63) is 42.7 Å². The van der Waals surface area contributed by atoms with E-state index in [4.69, 9.17) is 4.42 Å². The molecule has 1 atom stereocenters. The van der Waals surface area contributed by atoms with Crippen LogP contribution in [0.15, 0.2) is 41.4 Å². The Morgan fingerprint density at radius 2 is 2.11 bits per heavy atom. The van der Waals surface area contributed by atoms with Crippen LogP contribution in [0.1, 0.15) is 23.8 Å². The molecule has 0 aromatic carbocycles. The number of rotatable bonds is 4. The molecule has 0 saturated carbocycles. The van der Waals surface area contributed by atoms with Gasteiger partial charge in [-0.2, -0.15) is 5.10 Å². The van der Waals surface area contributed by atoms with Gasteiger partial charge in [0.15, 0.2) is 11.5 Å². The quantitative estimate of drug-likeness (QED) is 0.758. The van der Waals surface area contributed by atoms with E-state index >= 15 is 0 Å². The van der Waals surface area contributed by atoms with Gasteiger partial charge in [-0.3, -0.25) is 24.2 Å². The first-order chi connectivity index (χ1) is 13.0. The molecule has 1 unspecified atom stereocenters. The molecular weight excluding hydrogens is 348 g/mol. The van der Waals surface area contributed by atoms with E-state index in [1.54, 1.807) is 47.4 Å². The maximum atomic E-state index is 12.6. The van der Waals surface area contributed by atoms with E-state index in [9.17, 15) is 9.59 Å². The van der Waals surface area contributed by atoms with Crippen LogP contribution < -0.4 is 10.2 Å². The third-order valence-corrected chi connectivity index (χ3v) is 4.45. The van der Waals surface area contributed by atoms with Crippen molar-refractivity contribution < 1.29 is 14.0 Å². The van der Waals surface area contributed by atoms with Crippen molar-refractivity contribution in [3.63, 3.8) is 0 Å². The fourth-order valence-corrected chi connectivity index (χ4v) is 2.99. The van der Waals surface area contributed by atoms with E-state index in [2.05, 4.69) is 20.4 Å². The lowest BCUT2D eigenvalue weighted by atomic mass is 10.1. The predicted molar refractivity (Wildman–Crippen MR) is 97.0 cm³/mol. The van der Waals surface area contributed by atoms with E-state index < -0.39 is 5.91 Å². The molecule has 1 N–H and O–H groups in total. The van der Waals surface area contributed by atoms with Crippen LogP contribution in [-0.4, -0.2) is 38.1 Å². The number of hydrogen-bond acceptors (Lipinski definition) is 6. The average molecular weight is 366 g/mol. The first-order valence-electron chi connectivity index (χ1n) is 8.55. The highest BCUT2D eigenvalue weighted by molar-refractivity contribution is 6.06. The number of aryl methyl sites for hydroxylation is 1. The van der Waals surface area contributed by atoms with Crippen LogP contribution in [0.25, 0.3) is 11.5 Å². The van der Waals surface area contributed by atoms with Crippen molar-refractivity contribution in [2.45, 2.75) is 13.3 Å². The highest BCUT2D eigenvalue weighted by Gasteiger charge is 2.32. The number of aromatic nitrogens is 4. The number of nitrogens with one attached hydrogen (secondary N) is 1. The molecule has 4 heterocycles. The number of carbonyl (C=O) groups is 2. The second kappa shape index (κ2) is 6.67. The lowest BCUT2D eigenvalue weighted by molar-refractivity contribution is -0.119. The fourth-order valence-electron chi connectivity index (χ4n) is 2.99. The molecule has 9 nitrogen and oxygen atoms in total. The van der Waals surface area contributed by atoms with Crippen molar-refractivity contribution in [1.82, 2.24) is 19.7 Å². The second-order valence-corrected chi connectivity index (χ2v) is 6.45. The van der Waals surface area contributed by atoms with Gasteiger partial charge in [-0.05, 0) is 18.6 Å². The van der Waals surface area contributed by atoms with Gasteiger partial charge >= 0.3 is 0 Å². The van der Waals surface area contributed by atoms with Crippen LogP contribution in [-0.2, 0) is 11.8 Å². The molecule has 27 heavy (non-hydrogen) atoms. The summed E-state index contributed by atoms with van der Waals surface area (Å²) in [4.78, 5) is 34.7. The van der Waals surface area contributed by atoms with E-state index in [0.717, 1.165) is 12.0 Å². The summed E-state index contributed by atoms with van der Waals surface area (Å²) in [6, 6.07) is 3.49. The van der Waals surface area contributed by atoms with E-state index in [0.29, 0.717) is 23.9 Å². The van der Waals surface area contributed by atoms with Crippen LogP contribution in [0.4, 0.5) is 11.5 Å². The molecule has 0 aliphatic carbocycles. The summed E-state index contributed by atoms with van der Waals surface area (Å²) in [7, 11) is 1.74. The Balaban J connectivity index is 1.56. The van der Waals surface area contributed by atoms with Gasteiger partial charge in [0.25, 0.3) is 5.91 Å². The third-order valence-electron chi connectivity index (χ3n) is 4.45. The average Bonchev–Trinajstić information content (AvgIpc) is 3.37. The third kappa shape index (κ3) is 3.19. The van der Waals surface area contributed by atoms with E-state index in [1.807, 2.05) is 6.92 Å². The van der Waals surface area contributed by atoms with Gasteiger partial charge in [0.1, 0.15) is 12.0 Å². The molecule has 0 radical (unpaired) electrons. The Morgan fingerprint density at radius 3 is 2.81 bits per heavy atom. The highest BCUT2D eigenvalue weighted by Crippen LogP contribution is 2.30. The Labute approximate surface area is 155 Å². The number of oxazole rings is 1. The Morgan fingerprint density at radius 1 is 1.33 bits per heavy atom. The van der Waals surface area contributed by atoms with E-state index in [1.165, 1.54) is 6.26 Å². The minimum absolute atomic E-state index is 0.00519. The summed E-state index contributed by atoms with van der Waals surface area (Å²) < 4.78 is 6.95. The molecule has 138 valence electrons. The van der Waals surface area contributed by atoms with Crippen LogP contribution >= 0.6 is 0 Å². The minimum atomic E-state index is -0.437. The zero-order valence-corrected chi connectivity index (χ0v) is 14.9. The van der Waals surface area contributed by atoms with Crippen molar-refractivity contribution in [2.24, 2.45) is 13.0 Å². The predicted octanol–water partition coefficient (Wildman–Crippen LogP) is 2.10. The van der Waals surface area contributed by atoms with Gasteiger partial charge in [0.05, 0.1) is 6.20 Å². The topological polar surface area (TPSA) is 106 Å². The summed E-state index contributed by atoms with van der Waals surface area (Å²) >= 11 is 0. The maximum Gasteiger partial charge on any atom is 0.277 e. The number of pyridine rings is 1. The number of nitrogens with zero attached hydrogens (tertiary/aromatic N) is 5. The Hall–Kier alpha value is -3.49. The maximum absolute atomic E-state index is 12.6. The molecule has 1 fully saturated rings. The van der Waals surface area contributed by atoms with Gasteiger partial charge < -0.3 is 9.73 Å². The summed E-state index contributed by atoms with van der Waals surface area (Å²) in [5.41, 5.74) is 1.32. The summed E-state index contributed by atoms with van der Waals surface area (Å²) in [6.45, 7) is 2.47. The van der Waals surface area contributed by atoms with Crippen LogP contribution in [0.5, 0.6) is 0 Å². The van der Waals surface area contributed by atoms with Crippen molar-refractivity contribution in [1.29, 1.82) is 0 Å². The highest BCUT2D eigenvalue weighted by atomic mass is 16.3. The summed E-state index contributed by atoms with van der Waals surface area (Å²) in [5, 5.41) is 7.11. The molecule has 9 heteroatoms. The van der Waals surface area contributed by atoms with Crippen molar-refractivity contribution in [3.8, 4) is 11.5 Å². The molecule has 0 spiro atoms. The molecule has 1 aliphatic rings. The molecule has 4 rings (SSSR count). The van der Waals surface area contributed by atoms with Gasteiger partial charge in [-0.25, -0.2) is 4.98 Å². The SMILES string of the molecule is CC1CCN(c2nn(C)cc2NC(=O)c2coc(-c3ccncc3)n2)C1=O. The van der Waals surface area contributed by atoms with Crippen LogP contribution in [0.2, 0.25) is 0 Å². The monoisotopic (exact) mass is 366 g/mol. The molecule has 3 aromatic rings. The van der Waals surface area contributed by atoms with Gasteiger partial charge in [-0.15, -0.1) is 0 Å². The minimum Gasteiger partial charge on any atom is -0.444 e. The molecule has 0 bridgehead atoms. The zero-order valence-electron chi connectivity index (χ0n) is 14.9. The Bertz CT molecular complexity index is 994. The smallest absolute Gasteiger partial charge is 0.277 e. The number of carbonyl (C=O) groups excluding carboxylic acids is 2. The zero-order chi connectivity index (χ0) is 19.0. The number of hydrogen-bond donors (Lipinski definition) is 1. The molecular formula is C18H18N6O3. The standard InChI is InChI=1S/C18H18N6O3/c1-11-5-8-24(18(11)26)15-13(9-23(2)22-15)20-16(25)14-10-27-17(21-14)12-3-6-19-7-4-12/h3-4,6-7,9-11H,5,8H2,1-2H3,(H,20,25). The molecule has 1 saturated heterocycles. The van der Waals surface area contributed by atoms with Crippen LogP contribution in [0.3, 0.4) is 0 Å². The van der Waals surface area contributed by atoms with Crippen LogP contribution in [0, 0.1) is 5.92 Å². The van der Waals surface area contributed by atoms with Gasteiger partial charge in [0, 0.05) is 37.5 Å². The Kier molecular flexibility index (Phi) is 4.19. The first-order valence-corrected chi connectivity index (χ1v) is 8.55. The van der Waals surface area contributed by atoms with E-state index in [-0.39, 0.29) is 17.5 Å². The lowest BCUT2D eigenvalue weighted by Gasteiger charge is -2.15. The summed E-state index contributed by atoms with van der Waals surface area (Å²) in [6.07, 6.45) is 6.96. The van der Waals surface area contributed by atoms with Gasteiger partial charge in [-0.1, -0.05) is 6.92 Å². The number of anilines is 2.